The molecule has 1 aromatic rings. The normalized spacial score (nSPS) is 17.4. The van der Waals surface area contributed by atoms with Crippen LogP contribution in [0.15, 0.2) is 30.3 Å². The Labute approximate surface area is 199 Å². The first-order valence-corrected chi connectivity index (χ1v) is 11.6. The van der Waals surface area contributed by atoms with E-state index in [1.54, 1.807) is 13.8 Å². The van der Waals surface area contributed by atoms with E-state index in [4.69, 9.17) is 19.9 Å². The zero-order chi connectivity index (χ0) is 24.9. The van der Waals surface area contributed by atoms with Crippen molar-refractivity contribution in [3.05, 3.63) is 35.9 Å². The van der Waals surface area contributed by atoms with Gasteiger partial charge in [0.25, 0.3) is 0 Å². The van der Waals surface area contributed by atoms with Crippen LogP contribution in [0.3, 0.4) is 0 Å². The summed E-state index contributed by atoms with van der Waals surface area (Å²) in [6, 6.07) is 7.68. The van der Waals surface area contributed by atoms with Crippen LogP contribution in [-0.2, 0) is 35.1 Å². The van der Waals surface area contributed by atoms with Crippen molar-refractivity contribution in [1.82, 2.24) is 15.6 Å². The van der Waals surface area contributed by atoms with Crippen LogP contribution in [-0.4, -0.2) is 83.0 Å². The monoisotopic (exact) mass is 481 g/mol. The van der Waals surface area contributed by atoms with Crippen LogP contribution >= 0.6 is 0 Å². The van der Waals surface area contributed by atoms with Crippen molar-refractivity contribution < 1.29 is 39.1 Å². The third kappa shape index (κ3) is 8.99. The molecule has 0 aromatic heterocycles. The van der Waals surface area contributed by atoms with Crippen LogP contribution in [0.25, 0.3) is 0 Å². The average molecular weight is 482 g/mol. The predicted octanol–water partition coefficient (Wildman–Crippen LogP) is 1.47. The van der Waals surface area contributed by atoms with Crippen LogP contribution in [0.4, 0.5) is 0 Å². The van der Waals surface area contributed by atoms with Gasteiger partial charge in [-0.1, -0.05) is 30.3 Å². The van der Waals surface area contributed by atoms with Gasteiger partial charge in [0, 0.05) is 13.0 Å². The second-order valence-corrected chi connectivity index (χ2v) is 8.01. The number of benzene rings is 1. The summed E-state index contributed by atoms with van der Waals surface area (Å²) in [5.41, 5.74) is 1.08. The molecule has 1 heterocycles. The van der Waals surface area contributed by atoms with Crippen molar-refractivity contribution in [2.75, 3.05) is 26.4 Å². The van der Waals surface area contributed by atoms with E-state index < -0.39 is 35.5 Å². The highest BCUT2D eigenvalue weighted by Crippen LogP contribution is 2.20. The molecular weight excluding hydrogens is 446 g/mol. The topological polar surface area (TPSA) is 138 Å². The maximum absolute atomic E-state index is 13.1. The quantitative estimate of drug-likeness (QED) is 0.203. The highest BCUT2D eigenvalue weighted by atomic mass is 17.1. The number of nitrogens with zero attached hydrogens (tertiary/aromatic N) is 2. The van der Waals surface area contributed by atoms with Gasteiger partial charge in [-0.15, -0.1) is 0 Å². The molecule has 190 valence electrons. The average Bonchev–Trinajstić information content (AvgIpc) is 3.31. The van der Waals surface area contributed by atoms with E-state index in [2.05, 4.69) is 10.2 Å². The van der Waals surface area contributed by atoms with Crippen molar-refractivity contribution in [3.63, 3.8) is 0 Å². The Morgan fingerprint density at radius 3 is 2.59 bits per heavy atom. The molecule has 0 spiro atoms. The number of esters is 2. The van der Waals surface area contributed by atoms with E-state index in [1.807, 2.05) is 30.3 Å². The fourth-order valence-corrected chi connectivity index (χ4v) is 3.84. The van der Waals surface area contributed by atoms with Gasteiger partial charge >= 0.3 is 11.9 Å². The summed E-state index contributed by atoms with van der Waals surface area (Å²) >= 11 is 0. The highest BCUT2D eigenvalue weighted by molar-refractivity contribution is 5.88. The molecule has 34 heavy (non-hydrogen) atoms. The summed E-state index contributed by atoms with van der Waals surface area (Å²) in [5, 5.41) is 19.6. The molecule has 2 rings (SSSR count). The lowest BCUT2D eigenvalue weighted by Crippen LogP contribution is -2.53. The smallest absolute Gasteiger partial charge is 0.328 e. The van der Waals surface area contributed by atoms with Crippen molar-refractivity contribution in [1.29, 1.82) is 0 Å². The lowest BCUT2D eigenvalue weighted by molar-refractivity contribution is -0.492. The number of carbonyl (C=O) groups excluding carboxylic acids is 3. The molecule has 1 amide bonds. The van der Waals surface area contributed by atoms with Gasteiger partial charge in [-0.3, -0.25) is 30.2 Å². The first-order chi connectivity index (χ1) is 16.3. The van der Waals surface area contributed by atoms with E-state index in [1.165, 1.54) is 4.90 Å². The van der Waals surface area contributed by atoms with Crippen LogP contribution in [0.5, 0.6) is 0 Å². The molecule has 1 aliphatic rings. The summed E-state index contributed by atoms with van der Waals surface area (Å²) < 4.78 is 10.4. The molecule has 3 N–H and O–H groups in total. The zero-order valence-corrected chi connectivity index (χ0v) is 19.7. The number of aryl methyl sites for hydroxylation is 1. The number of hydrogen-bond acceptors (Lipinski definition) is 10. The van der Waals surface area contributed by atoms with Crippen LogP contribution in [0.2, 0.25) is 0 Å². The van der Waals surface area contributed by atoms with Gasteiger partial charge < -0.3 is 14.4 Å². The van der Waals surface area contributed by atoms with Gasteiger partial charge in [-0.05, 0) is 45.1 Å². The summed E-state index contributed by atoms with van der Waals surface area (Å²) in [4.78, 5) is 44.0. The lowest BCUT2D eigenvalue weighted by atomic mass is 10.0. The summed E-state index contributed by atoms with van der Waals surface area (Å²) in [6.07, 6.45) is 2.52. The molecule has 1 aromatic carbocycles. The van der Waals surface area contributed by atoms with Crippen LogP contribution < -0.4 is 5.32 Å². The molecule has 3 atom stereocenters. The van der Waals surface area contributed by atoms with Gasteiger partial charge in [0.05, 0.1) is 31.3 Å². The molecule has 1 aliphatic heterocycles. The number of likely N-dealkylation sites (tertiary alicyclic amines) is 1. The number of hydrogen-bond donors (Lipinski definition) is 3. The number of rotatable bonds is 14. The van der Waals surface area contributed by atoms with Crippen LogP contribution in [0, 0.1) is 0 Å². The minimum absolute atomic E-state index is 0.0173. The molecule has 3 unspecified atom stereocenters. The van der Waals surface area contributed by atoms with E-state index in [9.17, 15) is 14.4 Å². The minimum Gasteiger partial charge on any atom is -0.465 e. The molecule has 0 saturated carbocycles. The SMILES string of the molecule is CCOC(=O)C(CCc1ccccc1)NC(C)C(=O)N1CCCC1C(=O)OCCCON(O)O. The molecule has 1 fully saturated rings. The van der Waals surface area contributed by atoms with Gasteiger partial charge in [-0.2, -0.15) is 0 Å². The first-order valence-electron chi connectivity index (χ1n) is 11.6. The van der Waals surface area contributed by atoms with E-state index in [0.29, 0.717) is 32.2 Å². The molecule has 1 saturated heterocycles. The Bertz CT molecular complexity index is 777. The molecular formula is C23H35N3O8. The predicted molar refractivity (Wildman–Crippen MR) is 119 cm³/mol. The van der Waals surface area contributed by atoms with E-state index in [0.717, 1.165) is 5.56 Å². The first kappa shape index (κ1) is 27.7. The van der Waals surface area contributed by atoms with Crippen molar-refractivity contribution in [2.24, 2.45) is 0 Å². The Kier molecular flexibility index (Phi) is 11.9. The van der Waals surface area contributed by atoms with Crippen molar-refractivity contribution in [3.8, 4) is 0 Å². The van der Waals surface area contributed by atoms with Gasteiger partial charge in [0.2, 0.25) is 5.91 Å². The number of carbonyl (C=O) groups is 3. The maximum Gasteiger partial charge on any atom is 0.328 e. The minimum atomic E-state index is -0.702. The largest absolute Gasteiger partial charge is 0.465 e. The molecule has 11 heteroatoms. The summed E-state index contributed by atoms with van der Waals surface area (Å²) in [5.74, 6) is -1.22. The van der Waals surface area contributed by atoms with Crippen molar-refractivity contribution in [2.45, 2.75) is 64.1 Å². The Hall–Kier alpha value is -2.57. The number of ether oxygens (including phenoxy) is 2. The number of nitrogens with one attached hydrogen (secondary N) is 1. The fraction of sp³-hybridized carbons (Fsp3) is 0.609. The third-order valence-electron chi connectivity index (χ3n) is 5.50. The third-order valence-corrected chi connectivity index (χ3v) is 5.50. The fourth-order valence-electron chi connectivity index (χ4n) is 3.84. The standard InChI is InChI=1S/C23H35N3O8/c1-3-32-22(28)19(13-12-18-9-5-4-6-10-18)24-17(2)21(27)25-14-7-11-20(25)23(29)33-15-8-16-34-26(30)31/h4-6,9-10,17,19-20,24,30-31H,3,7-8,11-16H2,1-2H3. The zero-order valence-electron chi connectivity index (χ0n) is 19.7. The second kappa shape index (κ2) is 14.6. The summed E-state index contributed by atoms with van der Waals surface area (Å²) in [7, 11) is 0. The van der Waals surface area contributed by atoms with E-state index >= 15 is 0 Å². The molecule has 11 nitrogen and oxygen atoms in total. The van der Waals surface area contributed by atoms with Gasteiger partial charge in [-0.25, -0.2) is 4.79 Å². The molecule has 0 bridgehead atoms. The lowest BCUT2D eigenvalue weighted by Gasteiger charge is -2.28. The Morgan fingerprint density at radius 2 is 1.91 bits per heavy atom. The summed E-state index contributed by atoms with van der Waals surface area (Å²) in [6.45, 7) is 4.04. The maximum atomic E-state index is 13.1. The molecule has 0 radical (unpaired) electrons. The Balaban J connectivity index is 1.91. The number of amides is 1. The highest BCUT2D eigenvalue weighted by Gasteiger charge is 2.38. The second-order valence-electron chi connectivity index (χ2n) is 8.01. The molecule has 0 aliphatic carbocycles. The van der Waals surface area contributed by atoms with Gasteiger partial charge in [0.15, 0.2) is 0 Å². The van der Waals surface area contributed by atoms with Crippen LogP contribution in [0.1, 0.15) is 45.1 Å². The Morgan fingerprint density at radius 1 is 1.18 bits per heavy atom. The van der Waals surface area contributed by atoms with E-state index in [-0.39, 0.29) is 32.1 Å². The van der Waals surface area contributed by atoms with Crippen molar-refractivity contribution >= 4 is 17.8 Å². The van der Waals surface area contributed by atoms with Gasteiger partial charge in [0.1, 0.15) is 12.1 Å².